The number of quaternary nitrogens is 1. The molecule has 0 amide bonds. The Kier molecular flexibility index (Phi) is 23.7. The largest absolute Gasteiger partial charge is 0.326 e. The van der Waals surface area contributed by atoms with Crippen LogP contribution in [0.3, 0.4) is 0 Å². The monoisotopic (exact) mass is 460 g/mol. The van der Waals surface area contributed by atoms with Gasteiger partial charge in [-0.3, -0.25) is 0 Å². The van der Waals surface area contributed by atoms with Crippen molar-refractivity contribution in [3.63, 3.8) is 0 Å². The van der Waals surface area contributed by atoms with Crippen molar-refractivity contribution in [3.8, 4) is 0 Å². The van der Waals surface area contributed by atoms with E-state index in [-0.39, 0.29) is 0 Å². The highest BCUT2D eigenvalue weighted by Gasteiger charge is 2.20. The molecule has 0 aliphatic heterocycles. The minimum Gasteiger partial charge on any atom is -0.326 e. The summed E-state index contributed by atoms with van der Waals surface area (Å²) in [6.45, 7) is 13.3. The van der Waals surface area contributed by atoms with Gasteiger partial charge in [-0.1, -0.05) is 134 Å². The van der Waals surface area contributed by atoms with Crippen LogP contribution in [0.2, 0.25) is 0 Å². The Labute approximate surface area is 210 Å². The fraction of sp³-hybridized carbons (Fsp3) is 0.812. The summed E-state index contributed by atoms with van der Waals surface area (Å²) in [4.78, 5) is 0. The van der Waals surface area contributed by atoms with Crippen LogP contribution in [0, 0.1) is 6.92 Å². The number of aryl methyl sites for hydroxylation is 1. The summed E-state index contributed by atoms with van der Waals surface area (Å²) in [5, 5.41) is 0. The van der Waals surface area contributed by atoms with Gasteiger partial charge in [0.15, 0.2) is 0 Å². The summed E-state index contributed by atoms with van der Waals surface area (Å²) in [7, 11) is 2.56. The molecule has 0 aliphatic carbocycles. The molecule has 0 saturated heterocycles. The van der Waals surface area contributed by atoms with Crippen LogP contribution in [0.15, 0.2) is 30.3 Å². The van der Waals surface area contributed by atoms with Crippen LogP contribution < -0.4 is 0 Å². The van der Waals surface area contributed by atoms with Crippen molar-refractivity contribution in [3.05, 3.63) is 35.9 Å². The van der Waals surface area contributed by atoms with Gasteiger partial charge in [-0.05, 0) is 45.4 Å². The Morgan fingerprint density at radius 3 is 1.03 bits per heavy atom. The number of unbranched alkanes of at least 4 members (excludes halogenated alkanes) is 15. The van der Waals surface area contributed by atoms with Crippen molar-refractivity contribution in [2.24, 2.45) is 0 Å². The van der Waals surface area contributed by atoms with Gasteiger partial charge in [0.1, 0.15) is 0 Å². The molecule has 0 N–H and O–H groups in total. The molecule has 1 nitrogen and oxygen atoms in total. The second kappa shape index (κ2) is 24.3. The Balaban J connectivity index is 0.00000123. The number of hydrogen-bond donors (Lipinski definition) is 0. The van der Waals surface area contributed by atoms with Gasteiger partial charge in [0.05, 0.1) is 26.7 Å². The van der Waals surface area contributed by atoms with Gasteiger partial charge < -0.3 is 4.48 Å². The highest BCUT2D eigenvalue weighted by molar-refractivity contribution is 5.11. The molecule has 0 saturated carbocycles. The van der Waals surface area contributed by atoms with Crippen molar-refractivity contribution < 1.29 is 4.48 Å². The van der Waals surface area contributed by atoms with E-state index in [0.29, 0.717) is 0 Å². The van der Waals surface area contributed by atoms with Crippen LogP contribution >= 0.6 is 0 Å². The van der Waals surface area contributed by atoms with Gasteiger partial charge in [0.2, 0.25) is 0 Å². The first-order chi connectivity index (χ1) is 16.1. The van der Waals surface area contributed by atoms with E-state index in [1.807, 2.05) is 18.2 Å². The molecule has 33 heavy (non-hydrogen) atoms. The second-order valence-corrected chi connectivity index (χ2v) is 10.7. The molecule has 0 radical (unpaired) electrons. The highest BCUT2D eigenvalue weighted by Crippen LogP contribution is 2.16. The van der Waals surface area contributed by atoms with Crippen molar-refractivity contribution in [1.29, 1.82) is 0 Å². The van der Waals surface area contributed by atoms with Crippen molar-refractivity contribution in [2.75, 3.05) is 26.7 Å². The number of nitrogens with zero attached hydrogens (tertiary/aromatic N) is 1. The lowest BCUT2D eigenvalue weighted by Crippen LogP contribution is -2.46. The standard InChI is InChI=1S/C25H54N.C7H8/c1-5-8-11-14-17-20-23-26(4,24-21-18-15-12-9-6-2)25-22-19-16-13-10-7-3;1-7-5-3-2-4-6-7/h5-25H2,1-4H3;2-6H,1H3/q+1;. The van der Waals surface area contributed by atoms with Crippen LogP contribution in [0.1, 0.15) is 142 Å². The Bertz CT molecular complexity index is 440. The molecular weight excluding hydrogens is 398 g/mol. The highest BCUT2D eigenvalue weighted by atomic mass is 15.3. The zero-order valence-electron chi connectivity index (χ0n) is 23.7. The minimum absolute atomic E-state index is 1.32. The molecule has 0 spiro atoms. The van der Waals surface area contributed by atoms with E-state index in [4.69, 9.17) is 0 Å². The summed E-state index contributed by atoms with van der Waals surface area (Å²) in [6, 6.07) is 10.3. The maximum atomic E-state index is 2.56. The lowest BCUT2D eigenvalue weighted by Gasteiger charge is -2.35. The summed E-state index contributed by atoms with van der Waals surface area (Å²) in [5.74, 6) is 0. The topological polar surface area (TPSA) is 0 Å². The summed E-state index contributed by atoms with van der Waals surface area (Å²) in [5.41, 5.74) is 1.32. The second-order valence-electron chi connectivity index (χ2n) is 10.7. The third-order valence-corrected chi connectivity index (χ3v) is 7.09. The lowest BCUT2D eigenvalue weighted by molar-refractivity contribution is -0.910. The van der Waals surface area contributed by atoms with Crippen molar-refractivity contribution >= 4 is 0 Å². The van der Waals surface area contributed by atoms with E-state index in [1.54, 1.807) is 0 Å². The van der Waals surface area contributed by atoms with Crippen molar-refractivity contribution in [2.45, 2.75) is 143 Å². The minimum atomic E-state index is 1.32. The van der Waals surface area contributed by atoms with Gasteiger partial charge in [-0.25, -0.2) is 0 Å². The fourth-order valence-electron chi connectivity index (χ4n) is 4.69. The Hall–Kier alpha value is -0.820. The molecular formula is C32H62N+. The fourth-order valence-corrected chi connectivity index (χ4v) is 4.69. The third kappa shape index (κ3) is 22.7. The molecule has 1 aromatic rings. The van der Waals surface area contributed by atoms with Gasteiger partial charge >= 0.3 is 0 Å². The van der Waals surface area contributed by atoms with E-state index in [1.165, 1.54) is 145 Å². The average molecular weight is 461 g/mol. The quantitative estimate of drug-likeness (QED) is 0.126. The van der Waals surface area contributed by atoms with E-state index < -0.39 is 0 Å². The van der Waals surface area contributed by atoms with Crippen LogP contribution in [0.4, 0.5) is 0 Å². The SMILES string of the molecule is CCCCCCCC[N+](C)(CCCCCCCC)CCCCCCCC.Cc1ccccc1. The molecule has 0 atom stereocenters. The smallest absolute Gasteiger partial charge is 0.0784 e. The number of hydrogen-bond acceptors (Lipinski definition) is 0. The van der Waals surface area contributed by atoms with E-state index in [2.05, 4.69) is 46.9 Å². The predicted octanol–water partition coefficient (Wildman–Crippen LogP) is 10.5. The third-order valence-electron chi connectivity index (χ3n) is 7.09. The lowest BCUT2D eigenvalue weighted by atomic mass is 10.1. The molecule has 194 valence electrons. The predicted molar refractivity (Wildman–Crippen MR) is 152 cm³/mol. The summed E-state index contributed by atoms with van der Waals surface area (Å²) >= 11 is 0. The molecule has 1 rings (SSSR count). The van der Waals surface area contributed by atoms with E-state index in [0.717, 1.165) is 0 Å². The zero-order valence-corrected chi connectivity index (χ0v) is 23.7. The van der Waals surface area contributed by atoms with Gasteiger partial charge in [0.25, 0.3) is 0 Å². The van der Waals surface area contributed by atoms with Crippen LogP contribution in [-0.2, 0) is 0 Å². The van der Waals surface area contributed by atoms with Crippen molar-refractivity contribution in [1.82, 2.24) is 0 Å². The number of benzene rings is 1. The first-order valence-corrected chi connectivity index (χ1v) is 14.9. The van der Waals surface area contributed by atoms with Gasteiger partial charge in [0, 0.05) is 0 Å². The molecule has 0 fully saturated rings. The summed E-state index contributed by atoms with van der Waals surface area (Å²) in [6.07, 6.45) is 25.9. The summed E-state index contributed by atoms with van der Waals surface area (Å²) < 4.78 is 1.36. The van der Waals surface area contributed by atoms with E-state index in [9.17, 15) is 0 Å². The maximum Gasteiger partial charge on any atom is 0.0784 e. The Morgan fingerprint density at radius 1 is 0.455 bits per heavy atom. The molecule has 0 bridgehead atoms. The Morgan fingerprint density at radius 2 is 0.758 bits per heavy atom. The zero-order chi connectivity index (χ0) is 24.5. The van der Waals surface area contributed by atoms with Crippen LogP contribution in [0.5, 0.6) is 0 Å². The first-order valence-electron chi connectivity index (χ1n) is 14.9. The van der Waals surface area contributed by atoms with E-state index >= 15 is 0 Å². The molecule has 1 heteroatoms. The molecule has 0 aromatic heterocycles. The van der Waals surface area contributed by atoms with Gasteiger partial charge in [-0.2, -0.15) is 0 Å². The molecule has 0 unspecified atom stereocenters. The maximum absolute atomic E-state index is 2.56. The van der Waals surface area contributed by atoms with Crippen LogP contribution in [-0.4, -0.2) is 31.2 Å². The first kappa shape index (κ1) is 32.2. The molecule has 0 heterocycles. The van der Waals surface area contributed by atoms with Crippen LogP contribution in [0.25, 0.3) is 0 Å². The number of rotatable bonds is 21. The average Bonchev–Trinajstić information content (AvgIpc) is 2.82. The van der Waals surface area contributed by atoms with Gasteiger partial charge in [-0.15, -0.1) is 0 Å². The molecule has 1 aromatic carbocycles. The normalized spacial score (nSPS) is 11.3. The molecule has 0 aliphatic rings.